The summed E-state index contributed by atoms with van der Waals surface area (Å²) in [5.74, 6) is 0.696. The Morgan fingerprint density at radius 1 is 0.704 bits per heavy atom. The van der Waals surface area contributed by atoms with Gasteiger partial charge in [0.25, 0.3) is 0 Å². The van der Waals surface area contributed by atoms with Crippen LogP contribution in [0.1, 0.15) is 108 Å². The second kappa shape index (κ2) is 15.9. The number of nitrogens with zero attached hydrogens (tertiary/aromatic N) is 3. The Labute approximate surface area is 167 Å². The average Bonchev–Trinajstić information content (AvgIpc) is 2.67. The second-order valence-corrected chi connectivity index (χ2v) is 8.05. The zero-order valence-corrected chi connectivity index (χ0v) is 18.2. The number of rotatable bonds is 17. The van der Waals surface area contributed by atoms with Gasteiger partial charge in [-0.05, 0) is 18.9 Å². The Kier molecular flexibility index (Phi) is 14.0. The fraction of sp³-hybridized carbons (Fsp3) is 0.826. The molecular formula is C23H43N3O. The standard InChI is InChI=1S/C23H43N3O/c1-4-5-6-7-8-9-10-11-12-13-14-15-16-17-18-21-19-22(20-27)25-23(24-21)26(2)3/h19,27H,4-18,20H2,1-3H3. The van der Waals surface area contributed by atoms with Crippen LogP contribution in [0.4, 0.5) is 5.95 Å². The molecule has 0 amide bonds. The van der Waals surface area contributed by atoms with Crippen LogP contribution in [-0.2, 0) is 13.0 Å². The van der Waals surface area contributed by atoms with Crippen LogP contribution in [-0.4, -0.2) is 29.2 Å². The highest BCUT2D eigenvalue weighted by molar-refractivity contribution is 5.30. The quantitative estimate of drug-likeness (QED) is 0.335. The van der Waals surface area contributed by atoms with E-state index in [-0.39, 0.29) is 6.61 Å². The third-order valence-corrected chi connectivity index (χ3v) is 5.17. The smallest absolute Gasteiger partial charge is 0.225 e. The number of aromatic nitrogens is 2. The highest BCUT2D eigenvalue weighted by Crippen LogP contribution is 2.15. The minimum absolute atomic E-state index is 0.0188. The van der Waals surface area contributed by atoms with E-state index < -0.39 is 0 Å². The van der Waals surface area contributed by atoms with Crippen LogP contribution < -0.4 is 4.90 Å². The molecule has 1 aromatic heterocycles. The molecule has 0 aliphatic heterocycles. The van der Waals surface area contributed by atoms with Gasteiger partial charge in [-0.1, -0.05) is 90.4 Å². The molecule has 1 heterocycles. The fourth-order valence-corrected chi connectivity index (χ4v) is 3.45. The van der Waals surface area contributed by atoms with Crippen LogP contribution in [0.3, 0.4) is 0 Å². The minimum atomic E-state index is -0.0188. The van der Waals surface area contributed by atoms with Crippen molar-refractivity contribution in [2.75, 3.05) is 19.0 Å². The van der Waals surface area contributed by atoms with Crippen molar-refractivity contribution >= 4 is 5.95 Å². The molecule has 27 heavy (non-hydrogen) atoms. The van der Waals surface area contributed by atoms with Crippen molar-refractivity contribution in [2.45, 2.75) is 110 Å². The molecule has 1 aromatic rings. The molecule has 0 aliphatic rings. The summed E-state index contributed by atoms with van der Waals surface area (Å²) in [6.45, 7) is 2.26. The van der Waals surface area contributed by atoms with Crippen molar-refractivity contribution in [1.29, 1.82) is 0 Å². The van der Waals surface area contributed by atoms with Gasteiger partial charge in [-0.25, -0.2) is 9.97 Å². The SMILES string of the molecule is CCCCCCCCCCCCCCCCc1cc(CO)nc(N(C)C)n1. The van der Waals surface area contributed by atoms with Gasteiger partial charge in [0.05, 0.1) is 12.3 Å². The molecule has 0 bridgehead atoms. The summed E-state index contributed by atoms with van der Waals surface area (Å²) >= 11 is 0. The molecule has 4 heteroatoms. The Balaban J connectivity index is 1.99. The predicted octanol–water partition coefficient (Wildman–Crippen LogP) is 6.06. The van der Waals surface area contributed by atoms with E-state index in [4.69, 9.17) is 0 Å². The first-order chi connectivity index (χ1) is 13.2. The molecule has 0 saturated carbocycles. The summed E-state index contributed by atoms with van der Waals surface area (Å²) in [5.41, 5.74) is 1.77. The minimum Gasteiger partial charge on any atom is -0.390 e. The summed E-state index contributed by atoms with van der Waals surface area (Å²) in [7, 11) is 3.87. The van der Waals surface area contributed by atoms with E-state index in [1.54, 1.807) is 0 Å². The van der Waals surface area contributed by atoms with Crippen LogP contribution in [0.15, 0.2) is 6.07 Å². The van der Waals surface area contributed by atoms with Crippen molar-refractivity contribution in [2.24, 2.45) is 0 Å². The number of aryl methyl sites for hydroxylation is 1. The maximum Gasteiger partial charge on any atom is 0.225 e. The molecule has 156 valence electrons. The third-order valence-electron chi connectivity index (χ3n) is 5.17. The van der Waals surface area contributed by atoms with Gasteiger partial charge in [0.15, 0.2) is 0 Å². The van der Waals surface area contributed by atoms with Gasteiger partial charge in [0, 0.05) is 19.8 Å². The zero-order valence-electron chi connectivity index (χ0n) is 18.2. The largest absolute Gasteiger partial charge is 0.390 e. The molecule has 1 rings (SSSR count). The van der Waals surface area contributed by atoms with Crippen LogP contribution in [0.2, 0.25) is 0 Å². The van der Waals surface area contributed by atoms with E-state index in [1.165, 1.54) is 89.9 Å². The number of aliphatic hydroxyl groups is 1. The molecule has 0 aliphatic carbocycles. The first-order valence-electron chi connectivity index (χ1n) is 11.3. The van der Waals surface area contributed by atoms with Gasteiger partial charge in [-0.15, -0.1) is 0 Å². The topological polar surface area (TPSA) is 49.3 Å². The van der Waals surface area contributed by atoms with Crippen LogP contribution >= 0.6 is 0 Å². The lowest BCUT2D eigenvalue weighted by Crippen LogP contribution is -2.15. The zero-order chi connectivity index (χ0) is 19.7. The maximum atomic E-state index is 9.35. The van der Waals surface area contributed by atoms with Crippen molar-refractivity contribution in [3.8, 4) is 0 Å². The van der Waals surface area contributed by atoms with Gasteiger partial charge in [-0.2, -0.15) is 0 Å². The molecule has 0 saturated heterocycles. The summed E-state index contributed by atoms with van der Waals surface area (Å²) in [6, 6.07) is 1.94. The molecule has 4 nitrogen and oxygen atoms in total. The lowest BCUT2D eigenvalue weighted by atomic mass is 10.0. The van der Waals surface area contributed by atoms with Gasteiger partial charge < -0.3 is 10.0 Å². The average molecular weight is 378 g/mol. The number of aliphatic hydroxyl groups excluding tert-OH is 1. The first kappa shape index (κ1) is 23.9. The van der Waals surface area contributed by atoms with E-state index in [1.807, 2.05) is 25.1 Å². The fourth-order valence-electron chi connectivity index (χ4n) is 3.45. The van der Waals surface area contributed by atoms with Crippen LogP contribution in [0.5, 0.6) is 0 Å². The number of hydrogen-bond acceptors (Lipinski definition) is 4. The highest BCUT2D eigenvalue weighted by atomic mass is 16.3. The lowest BCUT2D eigenvalue weighted by Gasteiger charge is -2.12. The van der Waals surface area contributed by atoms with Crippen LogP contribution in [0.25, 0.3) is 0 Å². The van der Waals surface area contributed by atoms with Gasteiger partial charge in [0.1, 0.15) is 0 Å². The summed E-state index contributed by atoms with van der Waals surface area (Å²) < 4.78 is 0. The Morgan fingerprint density at radius 3 is 1.59 bits per heavy atom. The van der Waals surface area contributed by atoms with E-state index in [9.17, 15) is 5.11 Å². The van der Waals surface area contributed by atoms with Crippen molar-refractivity contribution in [3.63, 3.8) is 0 Å². The second-order valence-electron chi connectivity index (χ2n) is 8.05. The molecule has 0 unspecified atom stereocenters. The third kappa shape index (κ3) is 12.0. The van der Waals surface area contributed by atoms with E-state index in [0.717, 1.165) is 12.1 Å². The molecule has 0 atom stereocenters. The van der Waals surface area contributed by atoms with E-state index in [0.29, 0.717) is 11.6 Å². The molecule has 0 radical (unpaired) electrons. The number of anilines is 1. The maximum absolute atomic E-state index is 9.35. The van der Waals surface area contributed by atoms with E-state index >= 15 is 0 Å². The van der Waals surface area contributed by atoms with E-state index in [2.05, 4.69) is 16.9 Å². The highest BCUT2D eigenvalue weighted by Gasteiger charge is 2.06. The number of hydrogen-bond donors (Lipinski definition) is 1. The Hall–Kier alpha value is -1.16. The normalized spacial score (nSPS) is 11.1. The molecule has 0 spiro atoms. The predicted molar refractivity (Wildman–Crippen MR) is 116 cm³/mol. The lowest BCUT2D eigenvalue weighted by molar-refractivity contribution is 0.276. The van der Waals surface area contributed by atoms with Gasteiger partial charge in [0.2, 0.25) is 5.95 Å². The van der Waals surface area contributed by atoms with Gasteiger partial charge in [-0.3, -0.25) is 0 Å². The number of unbranched alkanes of at least 4 members (excludes halogenated alkanes) is 13. The van der Waals surface area contributed by atoms with Crippen molar-refractivity contribution < 1.29 is 5.11 Å². The van der Waals surface area contributed by atoms with Gasteiger partial charge >= 0.3 is 0 Å². The monoisotopic (exact) mass is 377 g/mol. The molecule has 0 aromatic carbocycles. The summed E-state index contributed by atoms with van der Waals surface area (Å²) in [6.07, 6.45) is 20.3. The summed E-state index contributed by atoms with van der Waals surface area (Å²) in [4.78, 5) is 10.8. The van der Waals surface area contributed by atoms with Crippen LogP contribution in [0, 0.1) is 0 Å². The molecular weight excluding hydrogens is 334 g/mol. The summed E-state index contributed by atoms with van der Waals surface area (Å²) in [5, 5.41) is 9.35. The Morgan fingerprint density at radius 2 is 1.15 bits per heavy atom. The Bertz CT molecular complexity index is 477. The van der Waals surface area contributed by atoms with Crippen molar-refractivity contribution in [3.05, 3.63) is 17.5 Å². The molecule has 0 fully saturated rings. The first-order valence-corrected chi connectivity index (χ1v) is 11.3. The van der Waals surface area contributed by atoms with Crippen molar-refractivity contribution in [1.82, 2.24) is 9.97 Å². The molecule has 1 N–H and O–H groups in total.